The van der Waals surface area contributed by atoms with Crippen molar-refractivity contribution < 1.29 is 14.3 Å². The number of ether oxygens (including phenoxy) is 2. The summed E-state index contributed by atoms with van der Waals surface area (Å²) in [7, 11) is 3.57. The molecule has 5 nitrogen and oxygen atoms in total. The van der Waals surface area contributed by atoms with Gasteiger partial charge >= 0.3 is 6.09 Å². The topological polar surface area (TPSA) is 50.8 Å². The number of methoxy groups -OCH3 is 1. The van der Waals surface area contributed by atoms with E-state index in [0.717, 1.165) is 44.4 Å². The molecule has 1 N–H and O–H groups in total. The van der Waals surface area contributed by atoms with Crippen LogP contribution in [0.4, 0.5) is 4.79 Å². The molecule has 0 radical (unpaired) electrons. The van der Waals surface area contributed by atoms with Gasteiger partial charge in [-0.25, -0.2) is 4.79 Å². The van der Waals surface area contributed by atoms with Crippen LogP contribution in [0.3, 0.4) is 0 Å². The first-order chi connectivity index (χ1) is 14.7. The van der Waals surface area contributed by atoms with Gasteiger partial charge in [0.2, 0.25) is 3.79 Å². The van der Waals surface area contributed by atoms with Crippen molar-refractivity contribution in [2.24, 2.45) is 11.3 Å². The number of benzene rings is 1. The average Bonchev–Trinajstić information content (AvgIpc) is 2.97. The standard InChI is InChI=1S/C23H29Cl3N2O3/c1-28(20(29)31-13-23(24,25)26)18-6-8-21-7-5-16(18)22(21)9-10-27-19(21)11-14-3-4-15(30-2)12-17(14)22/h3-4,12,16,18-19,27H,5-11,13H2,1-2H3. The second-order valence-corrected chi connectivity index (χ2v) is 12.2. The SMILES string of the molecule is COc1ccc2c(c1)C13CCNC(C2)C12CCC(N(C)C(=O)OCC(Cl)(Cl)Cl)C3CC2. The number of hydrogen-bond acceptors (Lipinski definition) is 4. The molecule has 1 aromatic rings. The number of amides is 1. The Hall–Kier alpha value is -0.880. The molecule has 1 aromatic carbocycles. The third kappa shape index (κ3) is 3.18. The molecule has 4 aliphatic rings. The summed E-state index contributed by atoms with van der Waals surface area (Å²) in [5.74, 6) is 1.29. The van der Waals surface area contributed by atoms with Gasteiger partial charge in [-0.1, -0.05) is 40.9 Å². The van der Waals surface area contributed by atoms with Crippen molar-refractivity contribution in [3.8, 4) is 5.75 Å². The first-order valence-corrected chi connectivity index (χ1v) is 12.2. The molecule has 0 spiro atoms. The van der Waals surface area contributed by atoms with Crippen LogP contribution in [-0.4, -0.2) is 54.2 Å². The van der Waals surface area contributed by atoms with Gasteiger partial charge in [-0.05, 0) is 79.7 Å². The van der Waals surface area contributed by atoms with E-state index in [1.165, 1.54) is 17.5 Å². The summed E-state index contributed by atoms with van der Waals surface area (Å²) in [6.45, 7) is 0.757. The number of nitrogens with one attached hydrogen (secondary N) is 1. The van der Waals surface area contributed by atoms with E-state index in [1.54, 1.807) is 12.0 Å². The molecule has 2 saturated carbocycles. The maximum atomic E-state index is 12.8. The molecule has 1 heterocycles. The quantitative estimate of drug-likeness (QED) is 0.619. The van der Waals surface area contributed by atoms with Crippen LogP contribution in [0.15, 0.2) is 18.2 Å². The number of fused-ring (bicyclic) bond motifs is 1. The van der Waals surface area contributed by atoms with Gasteiger partial charge in [0.1, 0.15) is 12.4 Å². The minimum absolute atomic E-state index is 0.0533. The third-order valence-electron chi connectivity index (χ3n) is 8.72. The second kappa shape index (κ2) is 7.58. The lowest BCUT2D eigenvalue weighted by molar-refractivity contribution is -0.0518. The number of alkyl halides is 3. The highest BCUT2D eigenvalue weighted by Crippen LogP contribution is 2.71. The maximum absolute atomic E-state index is 12.8. The molecule has 3 fully saturated rings. The Morgan fingerprint density at radius 3 is 2.77 bits per heavy atom. The Balaban J connectivity index is 1.52. The van der Waals surface area contributed by atoms with Gasteiger partial charge in [0, 0.05) is 24.5 Å². The van der Waals surface area contributed by atoms with Crippen molar-refractivity contribution in [2.75, 3.05) is 27.3 Å². The van der Waals surface area contributed by atoms with Crippen molar-refractivity contribution in [3.05, 3.63) is 29.3 Å². The minimum atomic E-state index is -1.61. The number of nitrogens with zero attached hydrogens (tertiary/aromatic N) is 1. The summed E-state index contributed by atoms with van der Waals surface area (Å²) < 4.78 is 9.34. The van der Waals surface area contributed by atoms with E-state index in [0.29, 0.717) is 12.0 Å². The molecule has 8 heteroatoms. The molecule has 3 aliphatic carbocycles. The van der Waals surface area contributed by atoms with E-state index in [-0.39, 0.29) is 23.5 Å². The molecule has 5 atom stereocenters. The number of piperidine rings is 1. The van der Waals surface area contributed by atoms with Crippen molar-refractivity contribution >= 4 is 40.9 Å². The molecule has 4 bridgehead atoms. The lowest BCUT2D eigenvalue weighted by Crippen LogP contribution is -2.69. The van der Waals surface area contributed by atoms with Crippen LogP contribution in [0.2, 0.25) is 0 Å². The Bertz CT molecular complexity index is 891. The Kier molecular flexibility index (Phi) is 5.36. The Morgan fingerprint density at radius 1 is 1.26 bits per heavy atom. The normalized spacial score (nSPS) is 35.7. The van der Waals surface area contributed by atoms with E-state index in [1.807, 2.05) is 7.05 Å². The molecule has 170 valence electrons. The average molecular weight is 488 g/mol. The zero-order valence-corrected chi connectivity index (χ0v) is 20.2. The van der Waals surface area contributed by atoms with E-state index in [9.17, 15) is 4.79 Å². The number of halogens is 3. The van der Waals surface area contributed by atoms with Crippen molar-refractivity contribution in [1.29, 1.82) is 0 Å². The van der Waals surface area contributed by atoms with Gasteiger partial charge in [0.25, 0.3) is 0 Å². The van der Waals surface area contributed by atoms with Crippen LogP contribution in [0.25, 0.3) is 0 Å². The van der Waals surface area contributed by atoms with Gasteiger partial charge in [-0.15, -0.1) is 0 Å². The predicted molar refractivity (Wildman–Crippen MR) is 122 cm³/mol. The number of carbonyl (C=O) groups excluding carboxylic acids is 1. The number of hydrogen-bond donors (Lipinski definition) is 1. The molecule has 5 rings (SSSR count). The molecule has 1 amide bonds. The van der Waals surface area contributed by atoms with E-state index >= 15 is 0 Å². The van der Waals surface area contributed by atoms with Gasteiger partial charge < -0.3 is 19.7 Å². The van der Waals surface area contributed by atoms with Gasteiger partial charge in [0.15, 0.2) is 0 Å². The Morgan fingerprint density at radius 2 is 2.03 bits per heavy atom. The maximum Gasteiger partial charge on any atom is 0.409 e. The summed E-state index contributed by atoms with van der Waals surface area (Å²) in [5.41, 5.74) is 3.16. The van der Waals surface area contributed by atoms with E-state index < -0.39 is 9.89 Å². The van der Waals surface area contributed by atoms with Crippen LogP contribution in [-0.2, 0) is 16.6 Å². The fraction of sp³-hybridized carbons (Fsp3) is 0.696. The summed E-state index contributed by atoms with van der Waals surface area (Å²) in [6.07, 6.45) is 6.12. The Labute approximate surface area is 198 Å². The van der Waals surface area contributed by atoms with E-state index in [4.69, 9.17) is 44.3 Å². The highest BCUT2D eigenvalue weighted by atomic mass is 35.6. The van der Waals surface area contributed by atoms with Gasteiger partial charge in [-0.3, -0.25) is 0 Å². The van der Waals surface area contributed by atoms with Crippen molar-refractivity contribution in [2.45, 2.75) is 59.8 Å². The molecule has 5 unspecified atom stereocenters. The zero-order chi connectivity index (χ0) is 22.0. The molecular formula is C23H29Cl3N2O3. The predicted octanol–water partition coefficient (Wildman–Crippen LogP) is 4.85. The van der Waals surface area contributed by atoms with Crippen LogP contribution in [0.5, 0.6) is 5.75 Å². The molecule has 0 aromatic heterocycles. The van der Waals surface area contributed by atoms with Gasteiger partial charge in [0.05, 0.1) is 7.11 Å². The zero-order valence-electron chi connectivity index (χ0n) is 17.9. The number of carbonyl (C=O) groups is 1. The first-order valence-electron chi connectivity index (χ1n) is 11.1. The molecular weight excluding hydrogens is 459 g/mol. The summed E-state index contributed by atoms with van der Waals surface area (Å²) in [4.78, 5) is 14.6. The summed E-state index contributed by atoms with van der Waals surface area (Å²) in [5, 5.41) is 3.86. The van der Waals surface area contributed by atoms with E-state index in [2.05, 4.69) is 23.5 Å². The smallest absolute Gasteiger partial charge is 0.409 e. The fourth-order valence-electron chi connectivity index (χ4n) is 7.67. The van der Waals surface area contributed by atoms with Crippen LogP contribution >= 0.6 is 34.8 Å². The highest BCUT2D eigenvalue weighted by molar-refractivity contribution is 6.67. The fourth-order valence-corrected chi connectivity index (χ4v) is 7.83. The monoisotopic (exact) mass is 486 g/mol. The van der Waals surface area contributed by atoms with Crippen molar-refractivity contribution in [3.63, 3.8) is 0 Å². The molecule has 1 saturated heterocycles. The lowest BCUT2D eigenvalue weighted by Gasteiger charge is -2.64. The third-order valence-corrected chi connectivity index (χ3v) is 9.04. The summed E-state index contributed by atoms with van der Waals surface area (Å²) >= 11 is 17.4. The highest BCUT2D eigenvalue weighted by Gasteiger charge is 2.70. The summed E-state index contributed by atoms with van der Waals surface area (Å²) in [6, 6.07) is 7.19. The largest absolute Gasteiger partial charge is 0.497 e. The molecule has 31 heavy (non-hydrogen) atoms. The van der Waals surface area contributed by atoms with Crippen LogP contribution < -0.4 is 10.1 Å². The molecule has 1 aliphatic heterocycles. The minimum Gasteiger partial charge on any atom is -0.497 e. The van der Waals surface area contributed by atoms with Gasteiger partial charge in [-0.2, -0.15) is 0 Å². The second-order valence-electron chi connectivity index (χ2n) is 9.64. The van der Waals surface area contributed by atoms with Crippen molar-refractivity contribution in [1.82, 2.24) is 10.2 Å². The lowest BCUT2D eigenvalue weighted by atomic mass is 9.44. The van der Waals surface area contributed by atoms with Crippen LogP contribution in [0, 0.1) is 11.3 Å². The number of rotatable bonds is 3. The van der Waals surface area contributed by atoms with Crippen LogP contribution in [0.1, 0.15) is 43.2 Å². The first kappa shape index (κ1) is 21.9.